The number of hydrogen-bond acceptors (Lipinski definition) is 5. The molecule has 1 atom stereocenters. The minimum Gasteiger partial charge on any atom is -0.461 e. The summed E-state index contributed by atoms with van der Waals surface area (Å²) in [5.41, 5.74) is 2.64. The van der Waals surface area contributed by atoms with Gasteiger partial charge in [0, 0.05) is 14.1 Å². The number of aromatic nitrogens is 3. The summed E-state index contributed by atoms with van der Waals surface area (Å²) in [7, 11) is 3.78. The molecule has 2 aromatic heterocycles. The van der Waals surface area contributed by atoms with Gasteiger partial charge in [-0.2, -0.15) is 0 Å². The number of carbonyl (C=O) groups excluding carboxylic acids is 1. The first-order chi connectivity index (χ1) is 13.1. The van der Waals surface area contributed by atoms with E-state index in [0.717, 1.165) is 19.3 Å². The van der Waals surface area contributed by atoms with E-state index in [9.17, 15) is 4.79 Å². The largest absolute Gasteiger partial charge is 0.461 e. The Bertz CT molecular complexity index is 935. The number of rotatable bonds is 5. The Hall–Kier alpha value is -2.54. The molecule has 4 rings (SSSR count). The zero-order chi connectivity index (χ0) is 18.8. The third-order valence-electron chi connectivity index (χ3n) is 5.10. The minimum absolute atomic E-state index is 0.101. The number of thioether (sulfide) groups is 1. The van der Waals surface area contributed by atoms with Gasteiger partial charge in [0.05, 0.1) is 18.1 Å². The van der Waals surface area contributed by atoms with Crippen LogP contribution >= 0.6 is 11.8 Å². The number of hydrogen-bond donors (Lipinski definition) is 0. The predicted molar refractivity (Wildman–Crippen MR) is 104 cm³/mol. The van der Waals surface area contributed by atoms with Crippen molar-refractivity contribution in [3.63, 3.8) is 0 Å². The summed E-state index contributed by atoms with van der Waals surface area (Å²) in [6, 6.07) is 12.3. The first kappa shape index (κ1) is 17.9. The summed E-state index contributed by atoms with van der Waals surface area (Å²) >= 11 is 1.40. The molecule has 1 amide bonds. The van der Waals surface area contributed by atoms with Crippen LogP contribution in [0, 0.1) is 0 Å². The van der Waals surface area contributed by atoms with Crippen molar-refractivity contribution in [3.05, 3.63) is 53.8 Å². The van der Waals surface area contributed by atoms with Gasteiger partial charge in [0.2, 0.25) is 5.91 Å². The SMILES string of the molecule is CN(C(=O)CSc1nnc(-c2ccco2)n1C)[C@H]1CCCc2ccccc21. The molecule has 0 saturated carbocycles. The molecule has 0 bridgehead atoms. The Balaban J connectivity index is 1.43. The van der Waals surface area contributed by atoms with E-state index in [1.54, 1.807) is 6.26 Å². The average Bonchev–Trinajstić information content (AvgIpc) is 3.35. The number of fused-ring (bicyclic) bond motifs is 1. The number of furan rings is 1. The fraction of sp³-hybridized carbons (Fsp3) is 0.350. The summed E-state index contributed by atoms with van der Waals surface area (Å²) in [6.07, 6.45) is 4.83. The van der Waals surface area contributed by atoms with Gasteiger partial charge in [0.25, 0.3) is 0 Å². The Kier molecular flexibility index (Phi) is 5.03. The standard InChI is InChI=1S/C20H22N4O2S/c1-23(16-10-5-8-14-7-3-4-9-15(14)16)18(25)13-27-20-22-21-19(24(20)2)17-11-6-12-26-17/h3-4,6-7,9,11-12,16H,5,8,10,13H2,1-2H3/t16-/m0/s1. The molecule has 2 heterocycles. The van der Waals surface area contributed by atoms with Crippen molar-refractivity contribution in [1.29, 1.82) is 0 Å². The number of aryl methyl sites for hydroxylation is 1. The molecule has 0 radical (unpaired) electrons. The first-order valence-electron chi connectivity index (χ1n) is 9.04. The minimum atomic E-state index is 0.101. The molecule has 1 aliphatic carbocycles. The average molecular weight is 382 g/mol. The maximum Gasteiger partial charge on any atom is 0.233 e. The monoisotopic (exact) mass is 382 g/mol. The second-order valence-corrected chi connectivity index (χ2v) is 7.69. The molecule has 0 fully saturated rings. The molecule has 7 heteroatoms. The van der Waals surface area contributed by atoms with Crippen molar-refractivity contribution in [2.24, 2.45) is 7.05 Å². The van der Waals surface area contributed by atoms with Gasteiger partial charge in [-0.1, -0.05) is 36.0 Å². The van der Waals surface area contributed by atoms with Crippen LogP contribution < -0.4 is 0 Å². The Morgan fingerprint density at radius 3 is 2.96 bits per heavy atom. The van der Waals surface area contributed by atoms with Crippen LogP contribution in [0.3, 0.4) is 0 Å². The van der Waals surface area contributed by atoms with Gasteiger partial charge in [-0.3, -0.25) is 4.79 Å². The third kappa shape index (κ3) is 3.51. The zero-order valence-electron chi connectivity index (χ0n) is 15.5. The van der Waals surface area contributed by atoms with E-state index in [1.807, 2.05) is 35.7 Å². The lowest BCUT2D eigenvalue weighted by Crippen LogP contribution is -2.34. The molecule has 0 saturated heterocycles. The Morgan fingerprint density at radius 2 is 2.15 bits per heavy atom. The topological polar surface area (TPSA) is 64.2 Å². The highest BCUT2D eigenvalue weighted by atomic mass is 32.2. The molecule has 27 heavy (non-hydrogen) atoms. The molecule has 140 valence electrons. The fourth-order valence-electron chi connectivity index (χ4n) is 3.59. The van der Waals surface area contributed by atoms with E-state index < -0.39 is 0 Å². The van der Waals surface area contributed by atoms with Crippen LogP contribution in [0.5, 0.6) is 0 Å². The molecule has 3 aromatic rings. The summed E-state index contributed by atoms with van der Waals surface area (Å²) < 4.78 is 7.24. The smallest absolute Gasteiger partial charge is 0.233 e. The van der Waals surface area contributed by atoms with Crippen molar-refractivity contribution < 1.29 is 9.21 Å². The van der Waals surface area contributed by atoms with E-state index in [-0.39, 0.29) is 11.9 Å². The lowest BCUT2D eigenvalue weighted by atomic mass is 9.87. The van der Waals surface area contributed by atoms with Gasteiger partial charge in [-0.05, 0) is 42.5 Å². The first-order valence-corrected chi connectivity index (χ1v) is 10.0. The zero-order valence-corrected chi connectivity index (χ0v) is 16.3. The molecule has 6 nitrogen and oxygen atoms in total. The lowest BCUT2D eigenvalue weighted by Gasteiger charge is -2.33. The Labute approximate surface area is 162 Å². The number of carbonyl (C=O) groups is 1. The van der Waals surface area contributed by atoms with E-state index in [1.165, 1.54) is 22.9 Å². The number of amides is 1. The summed E-state index contributed by atoms with van der Waals surface area (Å²) in [4.78, 5) is 14.7. The van der Waals surface area contributed by atoms with Crippen LogP contribution in [0.4, 0.5) is 0 Å². The van der Waals surface area contributed by atoms with Crippen LogP contribution in [-0.2, 0) is 18.3 Å². The molecule has 0 spiro atoms. The van der Waals surface area contributed by atoms with Gasteiger partial charge in [0.1, 0.15) is 0 Å². The van der Waals surface area contributed by atoms with E-state index in [4.69, 9.17) is 4.42 Å². The van der Waals surface area contributed by atoms with Gasteiger partial charge >= 0.3 is 0 Å². The molecule has 1 aromatic carbocycles. The van der Waals surface area contributed by atoms with Gasteiger partial charge in [0.15, 0.2) is 16.7 Å². The molecule has 1 aliphatic rings. The third-order valence-corrected chi connectivity index (χ3v) is 6.10. The van der Waals surface area contributed by atoms with Crippen LogP contribution in [-0.4, -0.2) is 38.4 Å². The molecule has 0 N–H and O–H groups in total. The summed E-state index contributed by atoms with van der Waals surface area (Å²) in [6.45, 7) is 0. The van der Waals surface area contributed by atoms with Gasteiger partial charge in [-0.25, -0.2) is 0 Å². The van der Waals surface area contributed by atoms with Gasteiger partial charge in [-0.15, -0.1) is 10.2 Å². The van der Waals surface area contributed by atoms with Crippen molar-refractivity contribution >= 4 is 17.7 Å². The van der Waals surface area contributed by atoms with Crippen molar-refractivity contribution in [1.82, 2.24) is 19.7 Å². The molecular weight excluding hydrogens is 360 g/mol. The fourth-order valence-corrected chi connectivity index (χ4v) is 4.43. The highest BCUT2D eigenvalue weighted by molar-refractivity contribution is 7.99. The Morgan fingerprint density at radius 1 is 1.30 bits per heavy atom. The highest BCUT2D eigenvalue weighted by Crippen LogP contribution is 2.34. The highest BCUT2D eigenvalue weighted by Gasteiger charge is 2.26. The van der Waals surface area contributed by atoms with Crippen molar-refractivity contribution in [3.8, 4) is 11.6 Å². The van der Waals surface area contributed by atoms with Crippen molar-refractivity contribution in [2.45, 2.75) is 30.5 Å². The number of benzene rings is 1. The van der Waals surface area contributed by atoms with E-state index in [2.05, 4.69) is 34.5 Å². The maximum atomic E-state index is 12.8. The predicted octanol–water partition coefficient (Wildman–Crippen LogP) is 3.70. The van der Waals surface area contributed by atoms with Crippen LogP contribution in [0.1, 0.15) is 30.0 Å². The second-order valence-electron chi connectivity index (χ2n) is 6.74. The molecular formula is C20H22N4O2S. The second kappa shape index (κ2) is 7.60. The summed E-state index contributed by atoms with van der Waals surface area (Å²) in [5, 5.41) is 9.07. The van der Waals surface area contributed by atoms with Crippen molar-refractivity contribution in [2.75, 3.05) is 12.8 Å². The van der Waals surface area contributed by atoms with E-state index in [0.29, 0.717) is 22.5 Å². The quantitative estimate of drug-likeness (QED) is 0.630. The lowest BCUT2D eigenvalue weighted by molar-refractivity contribution is -0.129. The molecule has 0 unspecified atom stereocenters. The van der Waals surface area contributed by atoms with Gasteiger partial charge < -0.3 is 13.9 Å². The maximum absolute atomic E-state index is 12.8. The van der Waals surface area contributed by atoms with E-state index >= 15 is 0 Å². The van der Waals surface area contributed by atoms with Crippen LogP contribution in [0.15, 0.2) is 52.2 Å². The number of nitrogens with zero attached hydrogens (tertiary/aromatic N) is 4. The normalized spacial score (nSPS) is 16.1. The summed E-state index contributed by atoms with van der Waals surface area (Å²) in [5.74, 6) is 1.76. The molecule has 0 aliphatic heterocycles. The van der Waals surface area contributed by atoms with Crippen LogP contribution in [0.25, 0.3) is 11.6 Å². The van der Waals surface area contributed by atoms with Crippen LogP contribution in [0.2, 0.25) is 0 Å².